The topological polar surface area (TPSA) is 108 Å². The Kier molecular flexibility index (Phi) is 7.07. The first-order valence-electron chi connectivity index (χ1n) is 9.59. The molecule has 9 heteroatoms. The molecule has 0 atom stereocenters. The van der Waals surface area contributed by atoms with Gasteiger partial charge in [-0.25, -0.2) is 0 Å². The number of carboxylic acid groups (broad SMARTS) is 1. The molecule has 0 saturated carbocycles. The van der Waals surface area contributed by atoms with Crippen molar-refractivity contribution in [2.45, 2.75) is 12.8 Å². The first-order valence-corrected chi connectivity index (χ1v) is 9.59. The van der Waals surface area contributed by atoms with Crippen molar-refractivity contribution in [2.75, 3.05) is 46.1 Å². The molecule has 9 nitrogen and oxygen atoms in total. The minimum absolute atomic E-state index is 0.0425. The van der Waals surface area contributed by atoms with Gasteiger partial charge in [-0.2, -0.15) is 0 Å². The van der Waals surface area contributed by atoms with Crippen LogP contribution in [-0.2, 0) is 14.4 Å². The summed E-state index contributed by atoms with van der Waals surface area (Å²) in [6, 6.07) is 5.52. The standard InChI is InChI=1S/C20H25N3O6/c24-18(21-7-1-2-20(26)27)13-22-8-10-23(11-9-22)19(25)6-4-15-3-5-16-17(12-15)29-14-28-16/h3-6,12H,1-2,7-11,13-14H2,(H,21,24)(H,26,27). The molecule has 2 N–H and O–H groups in total. The molecular formula is C20H25N3O6. The summed E-state index contributed by atoms with van der Waals surface area (Å²) in [4.78, 5) is 38.5. The number of benzene rings is 1. The zero-order chi connectivity index (χ0) is 20.6. The number of nitrogens with zero attached hydrogens (tertiary/aromatic N) is 2. The van der Waals surface area contributed by atoms with Crippen molar-refractivity contribution in [2.24, 2.45) is 0 Å². The predicted octanol–water partition coefficient (Wildman–Crippen LogP) is 0.554. The molecule has 0 radical (unpaired) electrons. The van der Waals surface area contributed by atoms with Gasteiger partial charge >= 0.3 is 5.97 Å². The molecule has 2 aliphatic heterocycles. The number of fused-ring (bicyclic) bond motifs is 1. The van der Waals surface area contributed by atoms with Gasteiger partial charge in [0.25, 0.3) is 0 Å². The van der Waals surface area contributed by atoms with E-state index in [1.165, 1.54) is 0 Å². The SMILES string of the molecule is O=C(O)CCCNC(=O)CN1CCN(C(=O)C=Cc2ccc3c(c2)OCO3)CC1. The normalized spacial score (nSPS) is 16.2. The molecule has 2 amide bonds. The number of piperazine rings is 1. The zero-order valence-electron chi connectivity index (χ0n) is 16.1. The van der Waals surface area contributed by atoms with E-state index in [1.54, 1.807) is 17.1 Å². The molecular weight excluding hydrogens is 378 g/mol. The third-order valence-corrected chi connectivity index (χ3v) is 4.76. The Balaban J connectivity index is 1.38. The van der Waals surface area contributed by atoms with Crippen LogP contribution < -0.4 is 14.8 Å². The van der Waals surface area contributed by atoms with Crippen molar-refractivity contribution in [3.63, 3.8) is 0 Å². The second-order valence-electron chi connectivity index (χ2n) is 6.89. The summed E-state index contributed by atoms with van der Waals surface area (Å²) in [6.45, 7) is 3.16. The summed E-state index contributed by atoms with van der Waals surface area (Å²) in [5.41, 5.74) is 0.862. The van der Waals surface area contributed by atoms with Gasteiger partial charge in [0.1, 0.15) is 0 Å². The van der Waals surface area contributed by atoms with E-state index in [9.17, 15) is 14.4 Å². The lowest BCUT2D eigenvalue weighted by molar-refractivity contribution is -0.137. The number of hydrogen-bond acceptors (Lipinski definition) is 6. The maximum Gasteiger partial charge on any atom is 0.303 e. The fourth-order valence-corrected chi connectivity index (χ4v) is 3.14. The second kappa shape index (κ2) is 9.92. The molecule has 29 heavy (non-hydrogen) atoms. The lowest BCUT2D eigenvalue weighted by Crippen LogP contribution is -2.50. The van der Waals surface area contributed by atoms with Crippen molar-refractivity contribution in [3.05, 3.63) is 29.8 Å². The maximum atomic E-state index is 12.4. The zero-order valence-corrected chi connectivity index (χ0v) is 16.1. The van der Waals surface area contributed by atoms with E-state index >= 15 is 0 Å². The highest BCUT2D eigenvalue weighted by molar-refractivity contribution is 5.92. The number of carbonyl (C=O) groups excluding carboxylic acids is 2. The molecule has 1 aromatic rings. The Labute approximate surface area is 168 Å². The Morgan fingerprint density at radius 2 is 1.86 bits per heavy atom. The Morgan fingerprint density at radius 3 is 2.62 bits per heavy atom. The van der Waals surface area contributed by atoms with Gasteiger partial charge in [-0.1, -0.05) is 6.07 Å². The van der Waals surface area contributed by atoms with Crippen LogP contribution in [0.25, 0.3) is 6.08 Å². The number of carbonyl (C=O) groups is 3. The number of hydrogen-bond donors (Lipinski definition) is 2. The summed E-state index contributed by atoms with van der Waals surface area (Å²) in [7, 11) is 0. The highest BCUT2D eigenvalue weighted by atomic mass is 16.7. The Bertz CT molecular complexity index is 786. The Hall–Kier alpha value is -3.07. The van der Waals surface area contributed by atoms with Gasteiger partial charge in [-0.3, -0.25) is 19.3 Å². The van der Waals surface area contributed by atoms with Crippen LogP contribution in [0.1, 0.15) is 18.4 Å². The maximum absolute atomic E-state index is 12.4. The van der Waals surface area contributed by atoms with Gasteiger partial charge in [0.2, 0.25) is 18.6 Å². The lowest BCUT2D eigenvalue weighted by atomic mass is 10.2. The molecule has 0 spiro atoms. The van der Waals surface area contributed by atoms with Gasteiger partial charge in [0, 0.05) is 45.2 Å². The van der Waals surface area contributed by atoms with Crippen molar-refractivity contribution < 1.29 is 29.0 Å². The van der Waals surface area contributed by atoms with Gasteiger partial charge < -0.3 is 24.8 Å². The highest BCUT2D eigenvalue weighted by Crippen LogP contribution is 2.32. The number of aliphatic carboxylic acids is 1. The molecule has 0 bridgehead atoms. The van der Waals surface area contributed by atoms with E-state index in [4.69, 9.17) is 14.6 Å². The molecule has 0 unspecified atom stereocenters. The second-order valence-corrected chi connectivity index (χ2v) is 6.89. The van der Waals surface area contributed by atoms with Crippen LogP contribution in [0, 0.1) is 0 Å². The molecule has 0 aromatic heterocycles. The first-order chi connectivity index (χ1) is 14.0. The van der Waals surface area contributed by atoms with Crippen LogP contribution in [0.4, 0.5) is 0 Å². The van der Waals surface area contributed by atoms with E-state index in [2.05, 4.69) is 5.32 Å². The lowest BCUT2D eigenvalue weighted by Gasteiger charge is -2.33. The van der Waals surface area contributed by atoms with E-state index in [-0.39, 0.29) is 31.6 Å². The summed E-state index contributed by atoms with van der Waals surface area (Å²) >= 11 is 0. The van der Waals surface area contributed by atoms with Crippen LogP contribution in [0.2, 0.25) is 0 Å². The average Bonchev–Trinajstić information content (AvgIpc) is 3.18. The van der Waals surface area contributed by atoms with Gasteiger partial charge in [-0.05, 0) is 30.2 Å². The third-order valence-electron chi connectivity index (χ3n) is 4.76. The molecule has 156 valence electrons. The number of rotatable bonds is 8. The molecule has 2 aliphatic rings. The predicted molar refractivity (Wildman–Crippen MR) is 104 cm³/mol. The van der Waals surface area contributed by atoms with Gasteiger partial charge in [-0.15, -0.1) is 0 Å². The van der Waals surface area contributed by atoms with E-state index in [0.29, 0.717) is 50.6 Å². The number of nitrogens with one attached hydrogen (secondary N) is 1. The van der Waals surface area contributed by atoms with Crippen LogP contribution >= 0.6 is 0 Å². The van der Waals surface area contributed by atoms with E-state index in [0.717, 1.165) is 5.56 Å². The molecule has 1 aromatic carbocycles. The molecule has 0 aliphatic carbocycles. The minimum atomic E-state index is -0.868. The fraction of sp³-hybridized carbons (Fsp3) is 0.450. The molecule has 3 rings (SSSR count). The minimum Gasteiger partial charge on any atom is -0.481 e. The average molecular weight is 403 g/mol. The quantitative estimate of drug-likeness (QED) is 0.482. The first kappa shape index (κ1) is 20.7. The van der Waals surface area contributed by atoms with Gasteiger partial charge in [0.05, 0.1) is 6.54 Å². The number of amides is 2. The van der Waals surface area contributed by atoms with Crippen LogP contribution in [0.3, 0.4) is 0 Å². The molecule has 1 saturated heterocycles. The van der Waals surface area contributed by atoms with Crippen molar-refractivity contribution >= 4 is 23.9 Å². The monoisotopic (exact) mass is 403 g/mol. The summed E-state index contributed by atoms with van der Waals surface area (Å²) in [5, 5.41) is 11.3. The van der Waals surface area contributed by atoms with Crippen molar-refractivity contribution in [1.82, 2.24) is 15.1 Å². The smallest absolute Gasteiger partial charge is 0.303 e. The third kappa shape index (κ3) is 6.21. The summed E-state index contributed by atoms with van der Waals surface area (Å²) in [5.74, 6) is 0.316. The van der Waals surface area contributed by atoms with Crippen molar-refractivity contribution in [1.29, 1.82) is 0 Å². The van der Waals surface area contributed by atoms with Crippen LogP contribution in [0.15, 0.2) is 24.3 Å². The van der Waals surface area contributed by atoms with Crippen molar-refractivity contribution in [3.8, 4) is 11.5 Å². The summed E-state index contributed by atoms with van der Waals surface area (Å²) < 4.78 is 10.6. The summed E-state index contributed by atoms with van der Waals surface area (Å²) in [6.07, 6.45) is 3.75. The highest BCUT2D eigenvalue weighted by Gasteiger charge is 2.21. The van der Waals surface area contributed by atoms with Crippen LogP contribution in [-0.4, -0.2) is 78.8 Å². The molecule has 2 heterocycles. The molecule has 1 fully saturated rings. The fourth-order valence-electron chi connectivity index (χ4n) is 3.14. The number of ether oxygens (including phenoxy) is 2. The number of carboxylic acids is 1. The van der Waals surface area contributed by atoms with E-state index in [1.807, 2.05) is 23.1 Å². The van der Waals surface area contributed by atoms with Gasteiger partial charge in [0.15, 0.2) is 11.5 Å². The largest absolute Gasteiger partial charge is 0.481 e. The van der Waals surface area contributed by atoms with E-state index < -0.39 is 5.97 Å². The Morgan fingerprint density at radius 1 is 1.10 bits per heavy atom. The van der Waals surface area contributed by atoms with Crippen LogP contribution in [0.5, 0.6) is 11.5 Å².